The van der Waals surface area contributed by atoms with Gasteiger partial charge in [-0.25, -0.2) is 0 Å². The molecule has 0 N–H and O–H groups in total. The summed E-state index contributed by atoms with van der Waals surface area (Å²) >= 11 is 0. The fourth-order valence-electron chi connectivity index (χ4n) is 2.00. The minimum atomic E-state index is 0.0636. The lowest BCUT2D eigenvalue weighted by Crippen LogP contribution is -2.36. The van der Waals surface area contributed by atoms with Gasteiger partial charge in [-0.1, -0.05) is 12.2 Å². The molecule has 2 rings (SSSR count). The van der Waals surface area contributed by atoms with Crippen molar-refractivity contribution in [2.45, 2.75) is 45.0 Å². The SMILES string of the molecule is C[C@@H]1CCO[C@H]([C@H]2CC=CCC2)O1. The van der Waals surface area contributed by atoms with Crippen molar-refractivity contribution in [3.63, 3.8) is 0 Å². The maximum Gasteiger partial charge on any atom is 0.161 e. The molecule has 0 aromatic heterocycles. The van der Waals surface area contributed by atoms with E-state index in [0.717, 1.165) is 19.4 Å². The molecule has 0 radical (unpaired) electrons. The Morgan fingerprint density at radius 3 is 2.85 bits per heavy atom. The Balaban J connectivity index is 1.88. The zero-order valence-electron chi connectivity index (χ0n) is 8.24. The molecule has 1 heterocycles. The second kappa shape index (κ2) is 4.25. The molecule has 2 heteroatoms. The van der Waals surface area contributed by atoms with Gasteiger partial charge >= 0.3 is 0 Å². The van der Waals surface area contributed by atoms with E-state index in [1.54, 1.807) is 0 Å². The van der Waals surface area contributed by atoms with Crippen LogP contribution in [0.3, 0.4) is 0 Å². The van der Waals surface area contributed by atoms with E-state index in [1.807, 2.05) is 0 Å². The highest BCUT2D eigenvalue weighted by Gasteiger charge is 2.27. The minimum absolute atomic E-state index is 0.0636. The van der Waals surface area contributed by atoms with Gasteiger partial charge in [-0.05, 0) is 32.6 Å². The van der Waals surface area contributed by atoms with Gasteiger partial charge in [0.25, 0.3) is 0 Å². The van der Waals surface area contributed by atoms with Crippen LogP contribution >= 0.6 is 0 Å². The average Bonchev–Trinajstić information content (AvgIpc) is 2.19. The zero-order valence-corrected chi connectivity index (χ0v) is 8.24. The molecule has 1 fully saturated rings. The Morgan fingerprint density at radius 1 is 1.23 bits per heavy atom. The minimum Gasteiger partial charge on any atom is -0.352 e. The molecule has 3 atom stereocenters. The topological polar surface area (TPSA) is 18.5 Å². The largest absolute Gasteiger partial charge is 0.352 e. The lowest BCUT2D eigenvalue weighted by Gasteiger charge is -2.34. The summed E-state index contributed by atoms with van der Waals surface area (Å²) in [5, 5.41) is 0. The molecular formula is C11H18O2. The molecule has 1 aliphatic carbocycles. The van der Waals surface area contributed by atoms with Crippen LogP contribution in [-0.2, 0) is 9.47 Å². The summed E-state index contributed by atoms with van der Waals surface area (Å²) < 4.78 is 11.4. The summed E-state index contributed by atoms with van der Waals surface area (Å²) in [7, 11) is 0. The van der Waals surface area contributed by atoms with Crippen LogP contribution in [0.5, 0.6) is 0 Å². The molecule has 0 aromatic rings. The van der Waals surface area contributed by atoms with Gasteiger partial charge < -0.3 is 9.47 Å². The number of hydrogen-bond acceptors (Lipinski definition) is 2. The molecule has 2 aliphatic rings. The number of allylic oxidation sites excluding steroid dienone is 2. The van der Waals surface area contributed by atoms with Crippen LogP contribution in [0.25, 0.3) is 0 Å². The molecule has 0 unspecified atom stereocenters. The van der Waals surface area contributed by atoms with Gasteiger partial charge in [-0.2, -0.15) is 0 Å². The van der Waals surface area contributed by atoms with Crippen LogP contribution < -0.4 is 0 Å². The molecule has 0 bridgehead atoms. The maximum absolute atomic E-state index is 5.77. The lowest BCUT2D eigenvalue weighted by molar-refractivity contribution is -0.232. The first-order valence-corrected chi connectivity index (χ1v) is 5.28. The van der Waals surface area contributed by atoms with E-state index in [4.69, 9.17) is 9.47 Å². The third-order valence-corrected chi connectivity index (χ3v) is 2.87. The monoisotopic (exact) mass is 182 g/mol. The zero-order chi connectivity index (χ0) is 9.10. The van der Waals surface area contributed by atoms with Gasteiger partial charge in [0.2, 0.25) is 0 Å². The predicted molar refractivity (Wildman–Crippen MR) is 51.4 cm³/mol. The summed E-state index contributed by atoms with van der Waals surface area (Å²) in [6.07, 6.45) is 9.51. The molecule has 1 aliphatic heterocycles. The molecule has 74 valence electrons. The van der Waals surface area contributed by atoms with Crippen molar-refractivity contribution in [1.29, 1.82) is 0 Å². The normalized spacial score (nSPS) is 40.5. The number of hydrogen-bond donors (Lipinski definition) is 0. The van der Waals surface area contributed by atoms with Crippen molar-refractivity contribution in [2.24, 2.45) is 5.92 Å². The number of ether oxygens (including phenoxy) is 2. The third-order valence-electron chi connectivity index (χ3n) is 2.87. The smallest absolute Gasteiger partial charge is 0.161 e. The van der Waals surface area contributed by atoms with E-state index in [-0.39, 0.29) is 6.29 Å². The highest BCUT2D eigenvalue weighted by Crippen LogP contribution is 2.27. The number of rotatable bonds is 1. The van der Waals surface area contributed by atoms with Gasteiger partial charge in [0.15, 0.2) is 6.29 Å². The van der Waals surface area contributed by atoms with Crippen molar-refractivity contribution in [3.05, 3.63) is 12.2 Å². The predicted octanol–water partition coefficient (Wildman–Crippen LogP) is 2.49. The van der Waals surface area contributed by atoms with Crippen molar-refractivity contribution < 1.29 is 9.47 Å². The molecular weight excluding hydrogens is 164 g/mol. The van der Waals surface area contributed by atoms with E-state index >= 15 is 0 Å². The van der Waals surface area contributed by atoms with Crippen LogP contribution in [0, 0.1) is 5.92 Å². The van der Waals surface area contributed by atoms with E-state index in [0.29, 0.717) is 12.0 Å². The van der Waals surface area contributed by atoms with Crippen molar-refractivity contribution >= 4 is 0 Å². The Hall–Kier alpha value is -0.340. The van der Waals surface area contributed by atoms with E-state index in [9.17, 15) is 0 Å². The molecule has 0 saturated carbocycles. The second-order valence-corrected chi connectivity index (χ2v) is 4.02. The molecule has 1 saturated heterocycles. The summed E-state index contributed by atoms with van der Waals surface area (Å²) in [6.45, 7) is 3.00. The molecule has 0 spiro atoms. The van der Waals surface area contributed by atoms with E-state index in [1.165, 1.54) is 12.8 Å². The first-order valence-electron chi connectivity index (χ1n) is 5.28. The lowest BCUT2D eigenvalue weighted by atomic mass is 9.93. The van der Waals surface area contributed by atoms with E-state index < -0.39 is 0 Å². The van der Waals surface area contributed by atoms with E-state index in [2.05, 4.69) is 19.1 Å². The van der Waals surface area contributed by atoms with Crippen molar-refractivity contribution in [2.75, 3.05) is 6.61 Å². The first-order chi connectivity index (χ1) is 6.36. The van der Waals surface area contributed by atoms with Crippen molar-refractivity contribution in [3.8, 4) is 0 Å². The first kappa shape index (κ1) is 9.22. The quantitative estimate of drug-likeness (QED) is 0.580. The Kier molecular flexibility index (Phi) is 3.01. The second-order valence-electron chi connectivity index (χ2n) is 4.02. The fraction of sp³-hybridized carbons (Fsp3) is 0.818. The summed E-state index contributed by atoms with van der Waals surface area (Å²) in [6, 6.07) is 0. The van der Waals surface area contributed by atoms with Crippen LogP contribution in [0.4, 0.5) is 0 Å². The highest BCUT2D eigenvalue weighted by atomic mass is 16.7. The van der Waals surface area contributed by atoms with Crippen molar-refractivity contribution in [1.82, 2.24) is 0 Å². The molecule has 0 aromatic carbocycles. The standard InChI is InChI=1S/C11H18O2/c1-9-7-8-12-11(13-9)10-5-3-2-4-6-10/h2-3,9-11H,4-8H2,1H3/t9-,10+,11+/m1/s1. The van der Waals surface area contributed by atoms with Gasteiger partial charge in [0.1, 0.15) is 0 Å². The molecule has 13 heavy (non-hydrogen) atoms. The maximum atomic E-state index is 5.77. The summed E-state index contributed by atoms with van der Waals surface area (Å²) in [5.74, 6) is 0.591. The Labute approximate surface area is 79.9 Å². The molecule has 0 amide bonds. The Bertz CT molecular complexity index is 189. The molecule has 2 nitrogen and oxygen atoms in total. The highest BCUT2D eigenvalue weighted by molar-refractivity contribution is 4.91. The summed E-state index contributed by atoms with van der Waals surface area (Å²) in [5.41, 5.74) is 0. The van der Waals surface area contributed by atoms with Crippen LogP contribution in [0.1, 0.15) is 32.6 Å². The fourth-order valence-corrected chi connectivity index (χ4v) is 2.00. The summed E-state index contributed by atoms with van der Waals surface area (Å²) in [4.78, 5) is 0. The van der Waals surface area contributed by atoms with Crippen LogP contribution in [-0.4, -0.2) is 19.0 Å². The average molecular weight is 182 g/mol. The van der Waals surface area contributed by atoms with Gasteiger partial charge in [0, 0.05) is 5.92 Å². The Morgan fingerprint density at radius 2 is 2.15 bits per heavy atom. The van der Waals surface area contributed by atoms with Gasteiger partial charge in [-0.3, -0.25) is 0 Å². The third kappa shape index (κ3) is 2.32. The van der Waals surface area contributed by atoms with Gasteiger partial charge in [-0.15, -0.1) is 0 Å². The van der Waals surface area contributed by atoms with Crippen LogP contribution in [0.15, 0.2) is 12.2 Å². The van der Waals surface area contributed by atoms with Gasteiger partial charge in [0.05, 0.1) is 12.7 Å². The van der Waals surface area contributed by atoms with Crippen LogP contribution in [0.2, 0.25) is 0 Å².